The SMILES string of the molecule is COc1ccc(F)c(N2NNC(CO)=C2Cl)c1. The highest BCUT2D eigenvalue weighted by atomic mass is 35.5. The van der Waals surface area contributed by atoms with Gasteiger partial charge in [0.15, 0.2) is 0 Å². The number of rotatable bonds is 3. The average molecular weight is 260 g/mol. The van der Waals surface area contributed by atoms with Crippen molar-refractivity contribution in [3.05, 3.63) is 34.9 Å². The summed E-state index contributed by atoms with van der Waals surface area (Å²) in [6, 6.07) is 4.27. The Morgan fingerprint density at radius 3 is 2.88 bits per heavy atom. The number of nitrogens with one attached hydrogen (secondary N) is 2. The van der Waals surface area contributed by atoms with Crippen molar-refractivity contribution >= 4 is 17.3 Å². The van der Waals surface area contributed by atoms with E-state index in [1.54, 1.807) is 0 Å². The third kappa shape index (κ3) is 2.14. The second kappa shape index (κ2) is 4.79. The van der Waals surface area contributed by atoms with Crippen LogP contribution in [0.1, 0.15) is 0 Å². The monoisotopic (exact) mass is 259 g/mol. The molecule has 0 amide bonds. The van der Waals surface area contributed by atoms with Gasteiger partial charge in [-0.15, -0.1) is 5.53 Å². The summed E-state index contributed by atoms with van der Waals surface area (Å²) in [5.74, 6) is 0.0440. The smallest absolute Gasteiger partial charge is 0.148 e. The Labute approximate surface area is 102 Å². The van der Waals surface area contributed by atoms with E-state index >= 15 is 0 Å². The van der Waals surface area contributed by atoms with Crippen molar-refractivity contribution in [1.29, 1.82) is 0 Å². The number of nitrogens with zero attached hydrogens (tertiary/aromatic N) is 1. The summed E-state index contributed by atoms with van der Waals surface area (Å²) >= 11 is 5.96. The van der Waals surface area contributed by atoms with Crippen LogP contribution < -0.4 is 20.7 Å². The van der Waals surface area contributed by atoms with Crippen LogP contribution in [0, 0.1) is 5.82 Å². The summed E-state index contributed by atoms with van der Waals surface area (Å²) in [6.07, 6.45) is 0. The first kappa shape index (κ1) is 12.0. The molecule has 1 aliphatic rings. The highest BCUT2D eigenvalue weighted by Gasteiger charge is 2.24. The van der Waals surface area contributed by atoms with E-state index in [0.717, 1.165) is 0 Å². The first-order valence-corrected chi connectivity index (χ1v) is 5.20. The van der Waals surface area contributed by atoms with Gasteiger partial charge in [-0.25, -0.2) is 9.40 Å². The van der Waals surface area contributed by atoms with Crippen LogP contribution in [-0.4, -0.2) is 18.8 Å². The number of anilines is 1. The van der Waals surface area contributed by atoms with Crippen molar-refractivity contribution in [3.63, 3.8) is 0 Å². The van der Waals surface area contributed by atoms with E-state index in [9.17, 15) is 4.39 Å². The number of halogens is 2. The van der Waals surface area contributed by atoms with Crippen LogP contribution in [-0.2, 0) is 0 Å². The minimum Gasteiger partial charge on any atom is -0.497 e. The second-order valence-electron chi connectivity index (χ2n) is 3.32. The van der Waals surface area contributed by atoms with Crippen molar-refractivity contribution in [1.82, 2.24) is 11.0 Å². The highest BCUT2D eigenvalue weighted by Crippen LogP contribution is 2.29. The number of ether oxygens (including phenoxy) is 1. The predicted octanol–water partition coefficient (Wildman–Crippen LogP) is 1.06. The van der Waals surface area contributed by atoms with Crippen LogP contribution in [0.25, 0.3) is 0 Å². The number of aliphatic hydroxyl groups excluding tert-OH is 1. The summed E-state index contributed by atoms with van der Waals surface area (Å²) in [5, 5.41) is 10.4. The molecule has 0 aromatic heterocycles. The van der Waals surface area contributed by atoms with Crippen LogP contribution >= 0.6 is 11.6 Å². The Hall–Kier alpha value is -1.50. The van der Waals surface area contributed by atoms with Gasteiger partial charge in [0.1, 0.15) is 22.4 Å². The van der Waals surface area contributed by atoms with Gasteiger partial charge in [-0.3, -0.25) is 0 Å². The number of hydrogen-bond donors (Lipinski definition) is 3. The maximum Gasteiger partial charge on any atom is 0.148 e. The molecule has 0 unspecified atom stereocenters. The van der Waals surface area contributed by atoms with Crippen molar-refractivity contribution in [3.8, 4) is 5.75 Å². The van der Waals surface area contributed by atoms with E-state index < -0.39 is 5.82 Å². The molecule has 2 rings (SSSR count). The molecule has 5 nitrogen and oxygen atoms in total. The van der Waals surface area contributed by atoms with Gasteiger partial charge in [-0.2, -0.15) is 0 Å². The average Bonchev–Trinajstić information content (AvgIpc) is 2.71. The molecule has 0 bridgehead atoms. The molecule has 0 atom stereocenters. The summed E-state index contributed by atoms with van der Waals surface area (Å²) < 4.78 is 18.7. The number of aliphatic hydroxyl groups is 1. The third-order valence-corrected chi connectivity index (χ3v) is 2.71. The van der Waals surface area contributed by atoms with Crippen LogP contribution in [0.4, 0.5) is 10.1 Å². The molecule has 0 aliphatic carbocycles. The van der Waals surface area contributed by atoms with Gasteiger partial charge >= 0.3 is 0 Å². The Kier molecular flexibility index (Phi) is 3.37. The molecule has 0 radical (unpaired) electrons. The van der Waals surface area contributed by atoms with Crippen molar-refractivity contribution < 1.29 is 14.2 Å². The van der Waals surface area contributed by atoms with Crippen LogP contribution in [0.5, 0.6) is 5.75 Å². The lowest BCUT2D eigenvalue weighted by atomic mass is 10.3. The zero-order chi connectivity index (χ0) is 12.4. The van der Waals surface area contributed by atoms with E-state index in [-0.39, 0.29) is 17.5 Å². The molecule has 0 spiro atoms. The lowest BCUT2D eigenvalue weighted by Gasteiger charge is -2.18. The van der Waals surface area contributed by atoms with Crippen molar-refractivity contribution in [2.24, 2.45) is 0 Å². The molecule has 92 valence electrons. The molecule has 0 saturated heterocycles. The quantitative estimate of drug-likeness (QED) is 0.709. The summed E-state index contributed by atoms with van der Waals surface area (Å²) in [4.78, 5) is 0. The Morgan fingerprint density at radius 2 is 2.29 bits per heavy atom. The largest absolute Gasteiger partial charge is 0.497 e. The lowest BCUT2D eigenvalue weighted by molar-refractivity contribution is 0.320. The summed E-state index contributed by atoms with van der Waals surface area (Å²) in [7, 11) is 1.49. The summed E-state index contributed by atoms with van der Waals surface area (Å²) in [6.45, 7) is -0.270. The second-order valence-corrected chi connectivity index (χ2v) is 3.68. The molecule has 0 saturated carbocycles. The minimum absolute atomic E-state index is 0.180. The fraction of sp³-hybridized carbons (Fsp3) is 0.200. The molecule has 7 heteroatoms. The van der Waals surface area contributed by atoms with Crippen molar-refractivity contribution in [2.45, 2.75) is 0 Å². The lowest BCUT2D eigenvalue weighted by Crippen LogP contribution is -2.38. The van der Waals surface area contributed by atoms with Gasteiger partial charge in [-0.1, -0.05) is 11.6 Å². The van der Waals surface area contributed by atoms with Gasteiger partial charge in [-0.05, 0) is 12.1 Å². The fourth-order valence-electron chi connectivity index (χ4n) is 1.42. The number of hydrazine groups is 2. The van der Waals surface area contributed by atoms with Gasteiger partial charge in [0.05, 0.1) is 19.4 Å². The predicted molar refractivity (Wildman–Crippen MR) is 61.7 cm³/mol. The maximum absolute atomic E-state index is 13.7. The molecule has 17 heavy (non-hydrogen) atoms. The molecule has 1 aliphatic heterocycles. The minimum atomic E-state index is -0.461. The Bertz CT molecular complexity index is 467. The molecule has 1 aromatic rings. The number of hydrogen-bond acceptors (Lipinski definition) is 5. The molecule has 0 fully saturated rings. The molecular formula is C10H11ClFN3O2. The van der Waals surface area contributed by atoms with Crippen LogP contribution in [0.2, 0.25) is 0 Å². The van der Waals surface area contributed by atoms with E-state index in [4.69, 9.17) is 21.4 Å². The topological polar surface area (TPSA) is 56.8 Å². The van der Waals surface area contributed by atoms with E-state index in [1.807, 2.05) is 0 Å². The van der Waals surface area contributed by atoms with E-state index in [1.165, 1.54) is 30.3 Å². The normalized spacial score (nSPS) is 15.2. The molecule has 3 N–H and O–H groups in total. The third-order valence-electron chi connectivity index (χ3n) is 2.32. The van der Waals surface area contributed by atoms with Crippen LogP contribution in [0.3, 0.4) is 0 Å². The first-order chi connectivity index (χ1) is 8.17. The fourth-order valence-corrected chi connectivity index (χ4v) is 1.66. The number of benzene rings is 1. The number of methoxy groups -OCH3 is 1. The van der Waals surface area contributed by atoms with E-state index in [0.29, 0.717) is 11.4 Å². The first-order valence-electron chi connectivity index (χ1n) is 4.82. The molecule has 1 heterocycles. The zero-order valence-electron chi connectivity index (χ0n) is 9.00. The van der Waals surface area contributed by atoms with Gasteiger partial charge in [0, 0.05) is 6.07 Å². The highest BCUT2D eigenvalue weighted by molar-refractivity contribution is 6.31. The summed E-state index contributed by atoms with van der Waals surface area (Å²) in [5.41, 5.74) is 5.84. The van der Waals surface area contributed by atoms with E-state index in [2.05, 4.69) is 11.0 Å². The standard InChI is InChI=1S/C10H11ClFN3O2/c1-17-6-2-3-7(12)9(4-6)15-10(11)8(5-16)13-14-15/h2-4,13-14,16H,5H2,1H3. The molecule has 1 aromatic carbocycles. The van der Waals surface area contributed by atoms with Gasteiger partial charge in [0.25, 0.3) is 0 Å². The Morgan fingerprint density at radius 1 is 1.53 bits per heavy atom. The maximum atomic E-state index is 13.7. The Balaban J connectivity index is 2.38. The van der Waals surface area contributed by atoms with Gasteiger partial charge < -0.3 is 15.3 Å². The van der Waals surface area contributed by atoms with Crippen molar-refractivity contribution in [2.75, 3.05) is 18.7 Å². The zero-order valence-corrected chi connectivity index (χ0v) is 9.75. The van der Waals surface area contributed by atoms with Crippen LogP contribution in [0.15, 0.2) is 29.1 Å². The van der Waals surface area contributed by atoms with Gasteiger partial charge in [0.2, 0.25) is 0 Å². The molecular weight excluding hydrogens is 249 g/mol.